The predicted octanol–water partition coefficient (Wildman–Crippen LogP) is 1.22. The highest BCUT2D eigenvalue weighted by molar-refractivity contribution is 4.85. The molecule has 0 aromatic carbocycles. The first-order valence-electron chi connectivity index (χ1n) is 3.59. The van der Waals surface area contributed by atoms with Crippen LogP contribution in [0, 0.1) is 0 Å². The van der Waals surface area contributed by atoms with Crippen molar-refractivity contribution in [3.63, 3.8) is 0 Å². The Morgan fingerprint density at radius 1 is 1.60 bits per heavy atom. The topological polar surface area (TPSA) is 32.7 Å². The second-order valence-electron chi connectivity index (χ2n) is 3.39. The van der Waals surface area contributed by atoms with Crippen LogP contribution in [-0.2, 0) is 4.74 Å². The molecule has 0 saturated carbocycles. The quantitative estimate of drug-likeness (QED) is 0.602. The Hall–Kier alpha value is -0.120. The molecule has 1 aliphatic heterocycles. The first-order chi connectivity index (χ1) is 4.58. The van der Waals surface area contributed by atoms with Gasteiger partial charge in [0.2, 0.25) is 0 Å². The van der Waals surface area contributed by atoms with Crippen LogP contribution >= 0.6 is 0 Å². The van der Waals surface area contributed by atoms with E-state index in [1.54, 1.807) is 7.11 Å². The zero-order chi connectivity index (χ0) is 7.78. The summed E-state index contributed by atoms with van der Waals surface area (Å²) in [6, 6.07) is 0. The van der Waals surface area contributed by atoms with Crippen molar-refractivity contribution in [2.75, 3.05) is 7.11 Å². The molecular weight excluding hydrogens is 130 g/mol. The lowest BCUT2D eigenvalue weighted by Crippen LogP contribution is -2.40. The average Bonchev–Trinajstić information content (AvgIpc) is 2.10. The third-order valence-electron chi connectivity index (χ3n) is 2.17. The molecule has 0 radical (unpaired) electrons. The van der Waals surface area contributed by atoms with Gasteiger partial charge in [-0.3, -0.25) is 0 Å². The molecule has 3 nitrogen and oxygen atoms in total. The van der Waals surface area contributed by atoms with Gasteiger partial charge in [-0.2, -0.15) is 5.06 Å². The standard InChI is InChI=1S/C7H15NO2/c1-7(2)5-4-6(10-3)8(7)9/h6,9H,4-5H2,1-3H3. The second-order valence-corrected chi connectivity index (χ2v) is 3.39. The van der Waals surface area contributed by atoms with E-state index >= 15 is 0 Å². The molecule has 1 unspecified atom stereocenters. The third kappa shape index (κ3) is 1.17. The minimum atomic E-state index is -0.110. The fraction of sp³-hybridized carbons (Fsp3) is 1.00. The molecule has 1 atom stereocenters. The first-order valence-corrected chi connectivity index (χ1v) is 3.59. The molecule has 1 aliphatic rings. The molecule has 0 aromatic rings. The average molecular weight is 145 g/mol. The maximum atomic E-state index is 9.43. The predicted molar refractivity (Wildman–Crippen MR) is 37.7 cm³/mol. The highest BCUT2D eigenvalue weighted by Crippen LogP contribution is 2.31. The van der Waals surface area contributed by atoms with Gasteiger partial charge < -0.3 is 9.94 Å². The van der Waals surface area contributed by atoms with Gasteiger partial charge in [-0.15, -0.1) is 0 Å². The van der Waals surface area contributed by atoms with E-state index in [0.29, 0.717) is 0 Å². The van der Waals surface area contributed by atoms with Gasteiger partial charge in [-0.25, -0.2) is 0 Å². The maximum Gasteiger partial charge on any atom is 0.133 e. The van der Waals surface area contributed by atoms with E-state index in [9.17, 15) is 5.21 Å². The molecule has 0 aromatic heterocycles. The molecule has 0 amide bonds. The summed E-state index contributed by atoms with van der Waals surface area (Å²) in [6.45, 7) is 4.01. The van der Waals surface area contributed by atoms with E-state index in [2.05, 4.69) is 0 Å². The lowest BCUT2D eigenvalue weighted by Gasteiger charge is -2.28. The molecule has 60 valence electrons. The maximum absolute atomic E-state index is 9.43. The molecule has 1 saturated heterocycles. The number of hydrogen-bond donors (Lipinski definition) is 1. The van der Waals surface area contributed by atoms with E-state index in [1.165, 1.54) is 5.06 Å². The zero-order valence-electron chi connectivity index (χ0n) is 6.79. The Balaban J connectivity index is 2.58. The van der Waals surface area contributed by atoms with Crippen molar-refractivity contribution < 1.29 is 9.94 Å². The molecule has 1 rings (SSSR count). The van der Waals surface area contributed by atoms with Crippen LogP contribution in [0.5, 0.6) is 0 Å². The van der Waals surface area contributed by atoms with Crippen LogP contribution < -0.4 is 0 Å². The van der Waals surface area contributed by atoms with Gasteiger partial charge >= 0.3 is 0 Å². The minimum Gasteiger partial charge on any atom is -0.364 e. The summed E-state index contributed by atoms with van der Waals surface area (Å²) >= 11 is 0. The molecule has 1 heterocycles. The van der Waals surface area contributed by atoms with Crippen molar-refractivity contribution in [3.8, 4) is 0 Å². The summed E-state index contributed by atoms with van der Waals surface area (Å²) in [7, 11) is 1.62. The van der Waals surface area contributed by atoms with Crippen molar-refractivity contribution in [1.29, 1.82) is 0 Å². The summed E-state index contributed by atoms with van der Waals surface area (Å²) in [4.78, 5) is 0. The van der Waals surface area contributed by atoms with Crippen LogP contribution in [0.2, 0.25) is 0 Å². The molecule has 0 spiro atoms. The van der Waals surface area contributed by atoms with E-state index in [0.717, 1.165) is 12.8 Å². The summed E-state index contributed by atoms with van der Waals surface area (Å²) in [5.41, 5.74) is -0.110. The lowest BCUT2D eigenvalue weighted by molar-refractivity contribution is -0.226. The monoisotopic (exact) mass is 145 g/mol. The second kappa shape index (κ2) is 2.49. The van der Waals surface area contributed by atoms with Gasteiger partial charge in [0.15, 0.2) is 0 Å². The highest BCUT2D eigenvalue weighted by atomic mass is 16.6. The Kier molecular flexibility index (Phi) is 1.99. The smallest absolute Gasteiger partial charge is 0.133 e. The van der Waals surface area contributed by atoms with E-state index in [1.807, 2.05) is 13.8 Å². The Labute approximate surface area is 61.5 Å². The molecule has 1 fully saturated rings. The Morgan fingerprint density at radius 3 is 2.40 bits per heavy atom. The van der Waals surface area contributed by atoms with Crippen LogP contribution in [0.15, 0.2) is 0 Å². The Bertz CT molecular complexity index is 125. The van der Waals surface area contributed by atoms with Crippen molar-refractivity contribution in [3.05, 3.63) is 0 Å². The Morgan fingerprint density at radius 2 is 2.20 bits per heavy atom. The van der Waals surface area contributed by atoms with Crippen molar-refractivity contribution in [2.45, 2.75) is 38.5 Å². The van der Waals surface area contributed by atoms with Gasteiger partial charge in [0, 0.05) is 12.6 Å². The fourth-order valence-corrected chi connectivity index (χ4v) is 1.32. The minimum absolute atomic E-state index is 0.102. The number of hydrogen-bond acceptors (Lipinski definition) is 3. The largest absolute Gasteiger partial charge is 0.364 e. The van der Waals surface area contributed by atoms with Gasteiger partial charge in [-0.1, -0.05) is 0 Å². The summed E-state index contributed by atoms with van der Waals surface area (Å²) in [5, 5.41) is 10.7. The summed E-state index contributed by atoms with van der Waals surface area (Å²) < 4.78 is 5.03. The van der Waals surface area contributed by atoms with Gasteiger partial charge in [0.05, 0.1) is 0 Å². The molecular formula is C7H15NO2. The fourth-order valence-electron chi connectivity index (χ4n) is 1.32. The number of methoxy groups -OCH3 is 1. The third-order valence-corrected chi connectivity index (χ3v) is 2.17. The molecule has 1 N–H and O–H groups in total. The van der Waals surface area contributed by atoms with Crippen LogP contribution in [0.1, 0.15) is 26.7 Å². The lowest BCUT2D eigenvalue weighted by atomic mass is 10.0. The first kappa shape index (κ1) is 7.98. The number of hydroxylamine groups is 2. The molecule has 0 bridgehead atoms. The van der Waals surface area contributed by atoms with E-state index in [4.69, 9.17) is 4.74 Å². The van der Waals surface area contributed by atoms with Gasteiger partial charge in [0.1, 0.15) is 6.23 Å². The van der Waals surface area contributed by atoms with Gasteiger partial charge in [0.25, 0.3) is 0 Å². The van der Waals surface area contributed by atoms with Crippen molar-refractivity contribution >= 4 is 0 Å². The van der Waals surface area contributed by atoms with E-state index < -0.39 is 0 Å². The zero-order valence-corrected chi connectivity index (χ0v) is 6.79. The van der Waals surface area contributed by atoms with Crippen molar-refractivity contribution in [2.24, 2.45) is 0 Å². The number of ether oxygens (including phenoxy) is 1. The van der Waals surface area contributed by atoms with E-state index in [-0.39, 0.29) is 11.8 Å². The summed E-state index contributed by atoms with van der Waals surface area (Å²) in [5.74, 6) is 0. The SMILES string of the molecule is COC1CCC(C)(C)N1O. The molecule has 0 aliphatic carbocycles. The van der Waals surface area contributed by atoms with Crippen LogP contribution in [0.25, 0.3) is 0 Å². The highest BCUT2D eigenvalue weighted by Gasteiger charge is 2.38. The molecule has 10 heavy (non-hydrogen) atoms. The van der Waals surface area contributed by atoms with Crippen LogP contribution in [0.4, 0.5) is 0 Å². The van der Waals surface area contributed by atoms with Crippen LogP contribution in [0.3, 0.4) is 0 Å². The number of rotatable bonds is 1. The van der Waals surface area contributed by atoms with Gasteiger partial charge in [-0.05, 0) is 26.7 Å². The van der Waals surface area contributed by atoms with Crippen molar-refractivity contribution in [1.82, 2.24) is 5.06 Å². The summed E-state index contributed by atoms with van der Waals surface area (Å²) in [6.07, 6.45) is 1.80. The number of nitrogens with zero attached hydrogens (tertiary/aromatic N) is 1. The van der Waals surface area contributed by atoms with Crippen LogP contribution in [-0.4, -0.2) is 29.1 Å². The molecule has 3 heteroatoms. The normalized spacial score (nSPS) is 33.0.